The molecule has 6 heteroatoms. The first-order valence-electron chi connectivity index (χ1n) is 10.6. The molecule has 2 aromatic heterocycles. The molecule has 2 aliphatic heterocycles. The van der Waals surface area contributed by atoms with Crippen LogP contribution in [0.5, 0.6) is 5.88 Å². The van der Waals surface area contributed by atoms with E-state index in [2.05, 4.69) is 66.7 Å². The number of nitrogens with zero attached hydrogens (tertiary/aromatic N) is 4. The van der Waals surface area contributed by atoms with E-state index in [0.717, 1.165) is 56.3 Å². The maximum Gasteiger partial charge on any atom is 0.217 e. The number of pyridine rings is 2. The number of ether oxygens (including phenoxy) is 2. The molecule has 1 unspecified atom stereocenters. The summed E-state index contributed by atoms with van der Waals surface area (Å²) in [5, 5.41) is 0. The Morgan fingerprint density at radius 3 is 2.72 bits per heavy atom. The van der Waals surface area contributed by atoms with Gasteiger partial charge in [-0.2, -0.15) is 4.98 Å². The topological polar surface area (TPSA) is 50.7 Å². The van der Waals surface area contributed by atoms with Gasteiger partial charge in [0.1, 0.15) is 11.4 Å². The third kappa shape index (κ3) is 4.64. The lowest BCUT2D eigenvalue weighted by atomic mass is 10.1. The molecule has 0 radical (unpaired) electrons. The minimum absolute atomic E-state index is 0.253. The van der Waals surface area contributed by atoms with Crippen LogP contribution in [-0.2, 0) is 4.74 Å². The molecule has 0 amide bonds. The van der Waals surface area contributed by atoms with E-state index in [-0.39, 0.29) is 11.6 Å². The van der Waals surface area contributed by atoms with E-state index in [9.17, 15) is 0 Å². The molecule has 6 nitrogen and oxygen atoms in total. The van der Waals surface area contributed by atoms with Gasteiger partial charge >= 0.3 is 0 Å². The number of morpholine rings is 1. The first kappa shape index (κ1) is 20.0. The van der Waals surface area contributed by atoms with Crippen LogP contribution in [0.15, 0.2) is 36.5 Å². The Hall–Kier alpha value is -2.34. The molecule has 29 heavy (non-hydrogen) atoms. The van der Waals surface area contributed by atoms with Crippen LogP contribution in [0.3, 0.4) is 0 Å². The minimum Gasteiger partial charge on any atom is -0.472 e. The normalized spacial score (nSPS) is 22.8. The van der Waals surface area contributed by atoms with Crippen LogP contribution in [0, 0.1) is 0 Å². The van der Waals surface area contributed by atoms with Gasteiger partial charge in [-0.1, -0.05) is 6.07 Å². The molecule has 0 N–H and O–H groups in total. The highest BCUT2D eigenvalue weighted by Gasteiger charge is 2.30. The summed E-state index contributed by atoms with van der Waals surface area (Å²) in [5.74, 6) is 1.64. The highest BCUT2D eigenvalue weighted by molar-refractivity contribution is 5.60. The molecule has 2 atom stereocenters. The molecule has 2 fully saturated rings. The lowest BCUT2D eigenvalue weighted by Crippen LogP contribution is -2.43. The monoisotopic (exact) mass is 396 g/mol. The van der Waals surface area contributed by atoms with Crippen LogP contribution in [0.1, 0.15) is 52.3 Å². The second-order valence-corrected chi connectivity index (χ2v) is 8.96. The number of anilines is 2. The van der Waals surface area contributed by atoms with Crippen LogP contribution < -0.4 is 14.5 Å². The Kier molecular flexibility index (Phi) is 5.63. The van der Waals surface area contributed by atoms with Crippen molar-refractivity contribution in [2.45, 2.75) is 58.2 Å². The average molecular weight is 397 g/mol. The van der Waals surface area contributed by atoms with Crippen molar-refractivity contribution in [1.29, 1.82) is 0 Å². The maximum absolute atomic E-state index is 6.20. The molecule has 0 bridgehead atoms. The molecule has 0 saturated carbocycles. The summed E-state index contributed by atoms with van der Waals surface area (Å²) in [7, 11) is 0. The first-order valence-corrected chi connectivity index (χ1v) is 10.6. The predicted molar refractivity (Wildman–Crippen MR) is 116 cm³/mol. The van der Waals surface area contributed by atoms with Crippen molar-refractivity contribution in [2.24, 2.45) is 0 Å². The highest BCUT2D eigenvalue weighted by Crippen LogP contribution is 2.38. The van der Waals surface area contributed by atoms with Crippen molar-refractivity contribution in [2.75, 3.05) is 36.1 Å². The van der Waals surface area contributed by atoms with Crippen molar-refractivity contribution in [3.63, 3.8) is 0 Å². The summed E-state index contributed by atoms with van der Waals surface area (Å²) in [5.41, 5.74) is 1.96. The van der Waals surface area contributed by atoms with E-state index >= 15 is 0 Å². The van der Waals surface area contributed by atoms with E-state index in [1.54, 1.807) is 0 Å². The van der Waals surface area contributed by atoms with E-state index in [1.165, 1.54) is 0 Å². The summed E-state index contributed by atoms with van der Waals surface area (Å²) >= 11 is 0. The number of hydrogen-bond acceptors (Lipinski definition) is 6. The smallest absolute Gasteiger partial charge is 0.217 e. The van der Waals surface area contributed by atoms with Crippen LogP contribution >= 0.6 is 0 Å². The molecular weight excluding hydrogens is 364 g/mol. The summed E-state index contributed by atoms with van der Waals surface area (Å²) in [6.45, 7) is 11.7. The predicted octanol–water partition coefficient (Wildman–Crippen LogP) is 4.22. The fraction of sp³-hybridized carbons (Fsp3) is 0.565. The van der Waals surface area contributed by atoms with E-state index < -0.39 is 0 Å². The second-order valence-electron chi connectivity index (χ2n) is 8.96. The maximum atomic E-state index is 6.20. The largest absolute Gasteiger partial charge is 0.472 e. The standard InChI is InChI=1S/C23H32N4O2/c1-17-16-28-13-12-26(17)18-14-21(25-22(15-18)29-23(2,3)4)27-11-7-9-20(27)19-8-5-6-10-24-19/h5-6,8,10,14-15,17,20H,7,9,11-13,16H2,1-4H3/t17-,20?/m1/s1. The zero-order valence-corrected chi connectivity index (χ0v) is 18.0. The third-order valence-corrected chi connectivity index (χ3v) is 5.46. The number of aromatic nitrogens is 2. The van der Waals surface area contributed by atoms with Crippen molar-refractivity contribution in [3.8, 4) is 5.88 Å². The minimum atomic E-state index is -0.301. The van der Waals surface area contributed by atoms with E-state index in [4.69, 9.17) is 14.5 Å². The van der Waals surface area contributed by atoms with E-state index in [1.807, 2.05) is 12.3 Å². The van der Waals surface area contributed by atoms with Gasteiger partial charge < -0.3 is 19.3 Å². The van der Waals surface area contributed by atoms with Crippen molar-refractivity contribution in [1.82, 2.24) is 9.97 Å². The summed E-state index contributed by atoms with van der Waals surface area (Å²) < 4.78 is 11.8. The van der Waals surface area contributed by atoms with Crippen LogP contribution in [-0.4, -0.2) is 47.9 Å². The molecule has 2 aromatic rings. The SMILES string of the molecule is C[C@@H]1COCCN1c1cc(OC(C)(C)C)nc(N2CCCC2c2ccccn2)c1. The Morgan fingerprint density at radius 1 is 1.14 bits per heavy atom. The van der Waals surface area contributed by atoms with E-state index in [0.29, 0.717) is 11.9 Å². The quantitative estimate of drug-likeness (QED) is 0.771. The Morgan fingerprint density at radius 2 is 2.00 bits per heavy atom. The molecular formula is C23H32N4O2. The van der Waals surface area contributed by atoms with Crippen LogP contribution in [0.4, 0.5) is 11.5 Å². The van der Waals surface area contributed by atoms with Crippen molar-refractivity contribution < 1.29 is 9.47 Å². The molecule has 0 spiro atoms. The Labute approximate surface area is 173 Å². The number of hydrogen-bond donors (Lipinski definition) is 0. The lowest BCUT2D eigenvalue weighted by Gasteiger charge is -2.36. The van der Waals surface area contributed by atoms with Gasteiger partial charge in [0.05, 0.1) is 24.9 Å². The fourth-order valence-electron chi connectivity index (χ4n) is 4.19. The van der Waals surface area contributed by atoms with Gasteiger partial charge in [0.2, 0.25) is 5.88 Å². The number of rotatable bonds is 4. The third-order valence-electron chi connectivity index (χ3n) is 5.46. The van der Waals surface area contributed by atoms with Gasteiger partial charge in [-0.05, 0) is 52.7 Å². The molecule has 2 aliphatic rings. The second kappa shape index (κ2) is 8.19. The molecule has 4 rings (SSSR count). The van der Waals surface area contributed by atoms with Crippen molar-refractivity contribution in [3.05, 3.63) is 42.2 Å². The Balaban J connectivity index is 1.71. The first-order chi connectivity index (χ1) is 13.9. The highest BCUT2D eigenvalue weighted by atomic mass is 16.5. The summed E-state index contributed by atoms with van der Waals surface area (Å²) in [6, 6.07) is 11.0. The average Bonchev–Trinajstić information content (AvgIpc) is 3.17. The van der Waals surface area contributed by atoms with Crippen molar-refractivity contribution >= 4 is 11.5 Å². The molecule has 0 aromatic carbocycles. The van der Waals surface area contributed by atoms with Crippen LogP contribution in [0.25, 0.3) is 0 Å². The van der Waals surface area contributed by atoms with Gasteiger partial charge in [0.15, 0.2) is 0 Å². The summed E-state index contributed by atoms with van der Waals surface area (Å²) in [6.07, 6.45) is 4.10. The molecule has 2 saturated heterocycles. The zero-order chi connectivity index (χ0) is 20.4. The van der Waals surface area contributed by atoms with Gasteiger partial charge in [-0.3, -0.25) is 4.98 Å². The Bertz CT molecular complexity index is 821. The summed E-state index contributed by atoms with van der Waals surface area (Å²) in [4.78, 5) is 14.3. The van der Waals surface area contributed by atoms with Gasteiger partial charge in [-0.25, -0.2) is 0 Å². The van der Waals surface area contributed by atoms with Gasteiger partial charge in [0.25, 0.3) is 0 Å². The fourth-order valence-corrected chi connectivity index (χ4v) is 4.19. The molecule has 4 heterocycles. The lowest BCUT2D eigenvalue weighted by molar-refractivity contribution is 0.0986. The molecule has 156 valence electrons. The van der Waals surface area contributed by atoms with Gasteiger partial charge in [-0.15, -0.1) is 0 Å². The van der Waals surface area contributed by atoms with Gasteiger partial charge in [0, 0.05) is 43.1 Å². The van der Waals surface area contributed by atoms with Crippen LogP contribution in [0.2, 0.25) is 0 Å². The zero-order valence-electron chi connectivity index (χ0n) is 18.0. The molecule has 0 aliphatic carbocycles.